The molecular weight excluding hydrogens is 444 g/mol. The molecule has 1 fully saturated rings. The quantitative estimate of drug-likeness (QED) is 0.572. The van der Waals surface area contributed by atoms with E-state index in [-0.39, 0.29) is 24.1 Å². The number of ether oxygens (including phenoxy) is 2. The lowest BCUT2D eigenvalue weighted by Gasteiger charge is -2.22. The molecule has 0 atom stereocenters. The molecule has 1 aliphatic rings. The van der Waals surface area contributed by atoms with Crippen molar-refractivity contribution < 1.29 is 27.8 Å². The summed E-state index contributed by atoms with van der Waals surface area (Å²) in [4.78, 5) is 29.0. The van der Waals surface area contributed by atoms with Crippen molar-refractivity contribution in [3.05, 3.63) is 59.7 Å². The third-order valence-corrected chi connectivity index (χ3v) is 5.73. The fourth-order valence-corrected chi connectivity index (χ4v) is 3.83. The molecule has 1 N–H and O–H groups in total. The third-order valence-electron chi connectivity index (χ3n) is 5.73. The van der Waals surface area contributed by atoms with E-state index in [1.54, 1.807) is 19.2 Å². The van der Waals surface area contributed by atoms with Crippen LogP contribution in [0.5, 0.6) is 11.5 Å². The van der Waals surface area contributed by atoms with Gasteiger partial charge in [-0.05, 0) is 48.2 Å². The van der Waals surface area contributed by atoms with Crippen molar-refractivity contribution in [2.45, 2.75) is 32.4 Å². The van der Waals surface area contributed by atoms with E-state index in [1.165, 1.54) is 12.1 Å². The van der Waals surface area contributed by atoms with Gasteiger partial charge in [0.1, 0.15) is 11.5 Å². The summed E-state index contributed by atoms with van der Waals surface area (Å²) in [7, 11) is 1.62. The first-order chi connectivity index (χ1) is 16.4. The van der Waals surface area contributed by atoms with E-state index >= 15 is 0 Å². The second-order valence-corrected chi connectivity index (χ2v) is 8.16. The highest BCUT2D eigenvalue weighted by atomic mass is 19.3. The van der Waals surface area contributed by atoms with Gasteiger partial charge in [-0.25, -0.2) is 0 Å². The van der Waals surface area contributed by atoms with Crippen LogP contribution in [0.1, 0.15) is 24.0 Å². The summed E-state index contributed by atoms with van der Waals surface area (Å²) in [6.07, 6.45) is 1.95. The van der Waals surface area contributed by atoms with Gasteiger partial charge in [0.25, 0.3) is 0 Å². The van der Waals surface area contributed by atoms with Crippen molar-refractivity contribution in [2.24, 2.45) is 0 Å². The Labute approximate surface area is 198 Å². The standard InChI is InChI=1S/C25H31F2N3O4/c1-33-21-8-3-19(4-9-21)7-12-24(32)30-14-2-13-29(15-16-30)18-23(31)28-17-20-5-10-22(11-6-20)34-25(26)27/h3-6,8-11,25H,2,7,12-18H2,1H3,(H,28,31). The molecule has 2 aromatic rings. The lowest BCUT2D eigenvalue weighted by molar-refractivity contribution is -0.131. The Hall–Kier alpha value is -3.20. The van der Waals surface area contributed by atoms with Crippen molar-refractivity contribution in [3.63, 3.8) is 0 Å². The number of nitrogens with one attached hydrogen (secondary N) is 1. The summed E-state index contributed by atoms with van der Waals surface area (Å²) in [5, 5.41) is 2.85. The Kier molecular flexibility index (Phi) is 9.63. The monoisotopic (exact) mass is 475 g/mol. The number of halogens is 2. The van der Waals surface area contributed by atoms with Crippen LogP contribution >= 0.6 is 0 Å². The number of hydrogen-bond acceptors (Lipinski definition) is 5. The van der Waals surface area contributed by atoms with Crippen molar-refractivity contribution in [1.29, 1.82) is 0 Å². The molecule has 0 bridgehead atoms. The van der Waals surface area contributed by atoms with Gasteiger partial charge < -0.3 is 19.7 Å². The van der Waals surface area contributed by atoms with E-state index < -0.39 is 6.61 Å². The zero-order valence-electron chi connectivity index (χ0n) is 19.3. The number of benzene rings is 2. The maximum absolute atomic E-state index is 12.7. The zero-order chi connectivity index (χ0) is 24.3. The van der Waals surface area contributed by atoms with Gasteiger partial charge in [-0.1, -0.05) is 24.3 Å². The predicted octanol–water partition coefficient (Wildman–Crippen LogP) is 3.08. The van der Waals surface area contributed by atoms with E-state index in [2.05, 4.69) is 10.1 Å². The van der Waals surface area contributed by atoms with Gasteiger partial charge in [0.05, 0.1) is 13.7 Å². The van der Waals surface area contributed by atoms with E-state index in [0.717, 1.165) is 29.8 Å². The molecule has 1 aliphatic heterocycles. The van der Waals surface area contributed by atoms with Crippen LogP contribution in [0.2, 0.25) is 0 Å². The fourth-order valence-electron chi connectivity index (χ4n) is 3.83. The molecule has 0 aromatic heterocycles. The Morgan fingerprint density at radius 2 is 1.62 bits per heavy atom. The first-order valence-corrected chi connectivity index (χ1v) is 11.4. The van der Waals surface area contributed by atoms with Crippen LogP contribution < -0.4 is 14.8 Å². The summed E-state index contributed by atoms with van der Waals surface area (Å²) in [5.74, 6) is 0.885. The van der Waals surface area contributed by atoms with Crippen molar-refractivity contribution >= 4 is 11.8 Å². The van der Waals surface area contributed by atoms with Crippen LogP contribution in [-0.2, 0) is 22.6 Å². The number of hydrogen-bond donors (Lipinski definition) is 1. The van der Waals surface area contributed by atoms with Gasteiger partial charge >= 0.3 is 6.61 Å². The molecule has 184 valence electrons. The Morgan fingerprint density at radius 3 is 2.29 bits per heavy atom. The Morgan fingerprint density at radius 1 is 0.941 bits per heavy atom. The molecule has 0 aliphatic carbocycles. The number of aryl methyl sites for hydroxylation is 1. The maximum Gasteiger partial charge on any atom is 0.387 e. The predicted molar refractivity (Wildman–Crippen MR) is 124 cm³/mol. The van der Waals surface area contributed by atoms with Crippen molar-refractivity contribution in [3.8, 4) is 11.5 Å². The summed E-state index contributed by atoms with van der Waals surface area (Å²) >= 11 is 0. The lowest BCUT2D eigenvalue weighted by atomic mass is 10.1. The smallest absolute Gasteiger partial charge is 0.387 e. The van der Waals surface area contributed by atoms with Crippen molar-refractivity contribution in [2.75, 3.05) is 39.8 Å². The van der Waals surface area contributed by atoms with Crippen LogP contribution in [-0.4, -0.2) is 68.1 Å². The molecule has 3 rings (SSSR count). The maximum atomic E-state index is 12.7. The molecule has 9 heteroatoms. The number of carbonyl (C=O) groups excluding carboxylic acids is 2. The van der Waals surface area contributed by atoms with Crippen molar-refractivity contribution in [1.82, 2.24) is 15.1 Å². The second kappa shape index (κ2) is 12.9. The van der Waals surface area contributed by atoms with Crippen LogP contribution in [0.4, 0.5) is 8.78 Å². The number of carbonyl (C=O) groups is 2. The summed E-state index contributed by atoms with van der Waals surface area (Å²) in [6, 6.07) is 13.9. The minimum Gasteiger partial charge on any atom is -0.497 e. The third kappa shape index (κ3) is 8.30. The minimum atomic E-state index is -2.86. The average Bonchev–Trinajstić information content (AvgIpc) is 3.07. The van der Waals surface area contributed by atoms with E-state index in [0.29, 0.717) is 39.0 Å². The van der Waals surface area contributed by atoms with Gasteiger partial charge in [0.2, 0.25) is 11.8 Å². The molecule has 0 spiro atoms. The summed E-state index contributed by atoms with van der Waals surface area (Å²) in [5.41, 5.74) is 1.89. The molecule has 1 saturated heterocycles. The van der Waals surface area contributed by atoms with Gasteiger partial charge in [-0.3, -0.25) is 14.5 Å². The lowest BCUT2D eigenvalue weighted by Crippen LogP contribution is -2.39. The number of nitrogens with zero attached hydrogens (tertiary/aromatic N) is 2. The molecule has 7 nitrogen and oxygen atoms in total. The molecule has 0 radical (unpaired) electrons. The topological polar surface area (TPSA) is 71.1 Å². The normalized spacial score (nSPS) is 14.5. The minimum absolute atomic E-state index is 0.0812. The van der Waals surface area contributed by atoms with Crippen LogP contribution in [0, 0.1) is 0 Å². The molecule has 2 amide bonds. The first-order valence-electron chi connectivity index (χ1n) is 11.4. The molecule has 0 unspecified atom stereocenters. The SMILES string of the molecule is COc1ccc(CCC(=O)N2CCCN(CC(=O)NCc3ccc(OC(F)F)cc3)CC2)cc1. The molecule has 2 aromatic carbocycles. The fraction of sp³-hybridized carbons (Fsp3) is 0.440. The molecule has 0 saturated carbocycles. The Bertz CT molecular complexity index is 923. The van der Waals surface area contributed by atoms with Gasteiger partial charge in [-0.2, -0.15) is 8.78 Å². The largest absolute Gasteiger partial charge is 0.497 e. The van der Waals surface area contributed by atoms with Gasteiger partial charge in [0.15, 0.2) is 0 Å². The van der Waals surface area contributed by atoms with Crippen LogP contribution in [0.15, 0.2) is 48.5 Å². The van der Waals surface area contributed by atoms with E-state index in [1.807, 2.05) is 34.1 Å². The zero-order valence-corrected chi connectivity index (χ0v) is 19.3. The van der Waals surface area contributed by atoms with E-state index in [9.17, 15) is 18.4 Å². The average molecular weight is 476 g/mol. The first kappa shape index (κ1) is 25.4. The van der Waals surface area contributed by atoms with Gasteiger partial charge in [0, 0.05) is 39.1 Å². The highest BCUT2D eigenvalue weighted by Crippen LogP contribution is 2.15. The van der Waals surface area contributed by atoms with E-state index in [4.69, 9.17) is 4.74 Å². The molecule has 1 heterocycles. The second-order valence-electron chi connectivity index (χ2n) is 8.16. The number of alkyl halides is 2. The highest BCUT2D eigenvalue weighted by molar-refractivity contribution is 5.78. The van der Waals surface area contributed by atoms with Gasteiger partial charge in [-0.15, -0.1) is 0 Å². The van der Waals surface area contributed by atoms with Crippen LogP contribution in [0.3, 0.4) is 0 Å². The molecule has 34 heavy (non-hydrogen) atoms. The molecular formula is C25H31F2N3O4. The summed E-state index contributed by atoms with van der Waals surface area (Å²) < 4.78 is 33.9. The highest BCUT2D eigenvalue weighted by Gasteiger charge is 2.20. The number of amides is 2. The van der Waals surface area contributed by atoms with Crippen LogP contribution in [0.25, 0.3) is 0 Å². The Balaban J connectivity index is 1.37. The number of rotatable bonds is 10. The number of methoxy groups -OCH3 is 1. The summed E-state index contributed by atoms with van der Waals surface area (Å²) in [6.45, 7) is 0.362.